The van der Waals surface area contributed by atoms with Crippen LogP contribution >= 0.6 is 0 Å². The molecule has 1 rings (SSSR count). The molecule has 0 spiro atoms. The van der Waals surface area contributed by atoms with Crippen LogP contribution < -0.4 is 63.1 Å². The van der Waals surface area contributed by atoms with Gasteiger partial charge in [0.1, 0.15) is 0 Å². The smallest absolute Gasteiger partial charge is 0.00624 e. The third-order valence-corrected chi connectivity index (χ3v) is 11.3. The van der Waals surface area contributed by atoms with Gasteiger partial charge in [0.25, 0.3) is 0 Å². The summed E-state index contributed by atoms with van der Waals surface area (Å²) in [7, 11) is 0. The molecule has 11 heteroatoms. The van der Waals surface area contributed by atoms with E-state index in [1.54, 1.807) is 0 Å². The summed E-state index contributed by atoms with van der Waals surface area (Å²) in [5.41, 5.74) is 62.0. The van der Waals surface area contributed by atoms with E-state index in [1.807, 2.05) is 0 Å². The van der Waals surface area contributed by atoms with Gasteiger partial charge >= 0.3 is 0 Å². The molecule has 0 radical (unpaired) electrons. The van der Waals surface area contributed by atoms with Gasteiger partial charge in [-0.15, -0.1) is 0 Å². The molecule has 1 aliphatic carbocycles. The first-order valence-electron chi connectivity index (χ1n) is 26.3. The average molecular weight is 905 g/mol. The second kappa shape index (κ2) is 49.5. The maximum atomic E-state index is 5.97. The molecule has 0 heterocycles. The highest BCUT2D eigenvalue weighted by atomic mass is 14.7. The second-order valence-electron chi connectivity index (χ2n) is 22.2. The van der Waals surface area contributed by atoms with Crippen LogP contribution in [0.3, 0.4) is 0 Å². The minimum Gasteiger partial charge on any atom is -0.330 e. The molecule has 0 aliphatic heterocycles. The lowest BCUT2D eigenvalue weighted by Crippen LogP contribution is -2.30. The van der Waals surface area contributed by atoms with Gasteiger partial charge < -0.3 is 63.1 Å². The summed E-state index contributed by atoms with van der Waals surface area (Å²) in [5.74, 6) is 6.83. The molecule has 0 bridgehead atoms. The highest BCUT2D eigenvalue weighted by Crippen LogP contribution is 2.34. The molecule has 1 fully saturated rings. The van der Waals surface area contributed by atoms with E-state index in [9.17, 15) is 0 Å². The Balaban J connectivity index is -0.000000214. The van der Waals surface area contributed by atoms with E-state index < -0.39 is 0 Å². The van der Waals surface area contributed by atoms with E-state index in [4.69, 9.17) is 63.1 Å². The highest BCUT2D eigenvalue weighted by Gasteiger charge is 2.23. The van der Waals surface area contributed by atoms with Gasteiger partial charge in [0.05, 0.1) is 0 Å². The van der Waals surface area contributed by atoms with Crippen molar-refractivity contribution >= 4 is 0 Å². The minimum atomic E-state index is 0.315. The molecule has 0 amide bonds. The van der Waals surface area contributed by atoms with Crippen molar-refractivity contribution in [2.45, 2.75) is 249 Å². The highest BCUT2D eigenvalue weighted by molar-refractivity contribution is 4.77. The van der Waals surface area contributed by atoms with E-state index in [-0.39, 0.29) is 0 Å². The van der Waals surface area contributed by atoms with Crippen LogP contribution in [0.5, 0.6) is 0 Å². The van der Waals surface area contributed by atoms with E-state index in [0.717, 1.165) is 134 Å². The maximum absolute atomic E-state index is 5.97. The standard InChI is InChI=1S/C11H26N2.C10H21N.3C8H20N2.C7H18N2/c1-8(2)7-10(12)5-6-11(13)9(3)4;1-8(2)5-9-3-4-10(6-9)7-11;3*1-7(2)6-8(10)4-3-5-9;1-6(2)5-7(9)3-4-8/h8-11H,5-7,12-13H2,1-4H3;8-10H,3-7,11H2,1-2H3;3*7-8H,3-6,9-10H2,1-2H3;6-7H,3-5,8-9H2,1-2H3/t10-,11?;9-,10-;3*8-;7-/m011100/s1. The Morgan fingerprint density at radius 3 is 0.889 bits per heavy atom. The van der Waals surface area contributed by atoms with Gasteiger partial charge in [0.15, 0.2) is 0 Å². The predicted molar refractivity (Wildman–Crippen MR) is 287 cm³/mol. The van der Waals surface area contributed by atoms with Crippen LogP contribution in [-0.4, -0.2) is 69.0 Å². The molecule has 0 aromatic carbocycles. The fourth-order valence-electron chi connectivity index (χ4n) is 7.98. The molecule has 22 N–H and O–H groups in total. The third kappa shape index (κ3) is 63.7. The van der Waals surface area contributed by atoms with Crippen LogP contribution in [0.1, 0.15) is 213 Å². The summed E-state index contributed by atoms with van der Waals surface area (Å²) in [6.07, 6.45) is 20.7. The Morgan fingerprint density at radius 1 is 0.349 bits per heavy atom. The zero-order valence-electron chi connectivity index (χ0n) is 45.3. The zero-order chi connectivity index (χ0) is 49.9. The van der Waals surface area contributed by atoms with Crippen molar-refractivity contribution in [2.24, 2.45) is 116 Å². The van der Waals surface area contributed by atoms with Gasteiger partial charge in [0.2, 0.25) is 0 Å². The van der Waals surface area contributed by atoms with Gasteiger partial charge in [-0.3, -0.25) is 0 Å². The van der Waals surface area contributed by atoms with Crippen LogP contribution in [-0.2, 0) is 0 Å². The summed E-state index contributed by atoms with van der Waals surface area (Å²) in [6.45, 7) is 34.9. The molecule has 1 unspecified atom stereocenters. The van der Waals surface area contributed by atoms with Crippen molar-refractivity contribution in [1.82, 2.24) is 0 Å². The Labute approximate surface area is 396 Å². The van der Waals surface area contributed by atoms with Gasteiger partial charge in [-0.25, -0.2) is 0 Å². The largest absolute Gasteiger partial charge is 0.330 e. The minimum absolute atomic E-state index is 0.315. The Kier molecular flexibility index (Phi) is 56.2. The Morgan fingerprint density at radius 2 is 0.651 bits per heavy atom. The number of hydrogen-bond acceptors (Lipinski definition) is 11. The molecule has 63 heavy (non-hydrogen) atoms. The quantitative estimate of drug-likeness (QED) is 0.0354. The molecule has 11 nitrogen and oxygen atoms in total. The normalized spacial score (nSPS) is 17.7. The SMILES string of the molecule is CC(C)C[C@@H](N)CCC(N)C(C)C.CC(C)C[C@@H](N)CCCN.CC(C)C[C@@H](N)CCN.CC(C)C[C@H](N)CCCN.CC(C)C[C@H](N)CCCN.CC(C)C[C@H]1CC[C@@H](CN)C1. The maximum Gasteiger partial charge on any atom is 0.00624 e. The van der Waals surface area contributed by atoms with Gasteiger partial charge in [-0.1, -0.05) is 103 Å². The van der Waals surface area contributed by atoms with Crippen molar-refractivity contribution in [3.05, 3.63) is 0 Å². The Bertz CT molecular complexity index is 808. The van der Waals surface area contributed by atoms with Crippen molar-refractivity contribution < 1.29 is 0 Å². The summed E-state index contributed by atoms with van der Waals surface area (Å²) in [5, 5.41) is 0. The van der Waals surface area contributed by atoms with Crippen LogP contribution in [0.2, 0.25) is 0 Å². The summed E-state index contributed by atoms with van der Waals surface area (Å²) in [6, 6.07) is 2.06. The second-order valence-corrected chi connectivity index (χ2v) is 22.2. The molecule has 0 saturated heterocycles. The van der Waals surface area contributed by atoms with Gasteiger partial charge in [-0.2, -0.15) is 0 Å². The van der Waals surface area contributed by atoms with Crippen LogP contribution in [0, 0.1) is 53.3 Å². The van der Waals surface area contributed by atoms with Crippen LogP contribution in [0.15, 0.2) is 0 Å². The Hall–Kier alpha value is -0.440. The molecule has 1 aliphatic rings. The monoisotopic (exact) mass is 904 g/mol. The predicted octanol–water partition coefficient (Wildman–Crippen LogP) is 8.54. The number of nitrogens with two attached hydrogens (primary N) is 11. The molecule has 1 saturated carbocycles. The van der Waals surface area contributed by atoms with E-state index in [1.165, 1.54) is 25.7 Å². The summed E-state index contributed by atoms with van der Waals surface area (Å²) in [4.78, 5) is 0. The zero-order valence-corrected chi connectivity index (χ0v) is 45.3. The van der Waals surface area contributed by atoms with E-state index in [0.29, 0.717) is 78.3 Å². The first-order valence-corrected chi connectivity index (χ1v) is 26.3. The topological polar surface area (TPSA) is 286 Å². The average Bonchev–Trinajstić information content (AvgIpc) is 3.61. The fourth-order valence-corrected chi connectivity index (χ4v) is 7.98. The lowest BCUT2D eigenvalue weighted by Gasteiger charge is -2.19. The van der Waals surface area contributed by atoms with Crippen molar-refractivity contribution in [2.75, 3.05) is 32.7 Å². The lowest BCUT2D eigenvalue weighted by atomic mass is 9.94. The van der Waals surface area contributed by atoms with Crippen molar-refractivity contribution in [3.8, 4) is 0 Å². The molecule has 0 aromatic rings. The molecule has 388 valence electrons. The summed E-state index contributed by atoms with van der Waals surface area (Å²) < 4.78 is 0. The first-order chi connectivity index (χ1) is 29.3. The first kappa shape index (κ1) is 71.6. The van der Waals surface area contributed by atoms with E-state index >= 15 is 0 Å². The van der Waals surface area contributed by atoms with Crippen molar-refractivity contribution in [3.63, 3.8) is 0 Å². The lowest BCUT2D eigenvalue weighted by molar-refractivity contribution is 0.401. The molecular formula is C52H125N11. The molecule has 8 atom stereocenters. The van der Waals surface area contributed by atoms with Crippen LogP contribution in [0.4, 0.5) is 0 Å². The van der Waals surface area contributed by atoms with Gasteiger partial charge in [-0.05, 0) is 195 Å². The van der Waals surface area contributed by atoms with Gasteiger partial charge in [0, 0.05) is 36.3 Å². The molecule has 0 aromatic heterocycles. The number of rotatable bonds is 28. The van der Waals surface area contributed by atoms with E-state index in [2.05, 4.69) is 96.9 Å². The van der Waals surface area contributed by atoms with Crippen molar-refractivity contribution in [1.29, 1.82) is 0 Å². The van der Waals surface area contributed by atoms with Crippen LogP contribution in [0.25, 0.3) is 0 Å². The third-order valence-electron chi connectivity index (χ3n) is 11.3. The summed E-state index contributed by atoms with van der Waals surface area (Å²) >= 11 is 0. The number of hydrogen-bond donors (Lipinski definition) is 11. The molecular weight excluding hydrogens is 779 g/mol. The fraction of sp³-hybridized carbons (Fsp3) is 1.00.